The molecule has 0 unspecified atom stereocenters. The number of hydrogen-bond acceptors (Lipinski definition) is 3. The minimum atomic E-state index is -0.169. The maximum absolute atomic E-state index is 12.3. The van der Waals surface area contributed by atoms with Crippen LogP contribution >= 0.6 is 0 Å². The summed E-state index contributed by atoms with van der Waals surface area (Å²) in [7, 11) is 0. The van der Waals surface area contributed by atoms with Crippen molar-refractivity contribution in [1.82, 2.24) is 9.88 Å². The summed E-state index contributed by atoms with van der Waals surface area (Å²) in [6.45, 7) is 4.49. The smallest absolute Gasteiger partial charge is 0.263 e. The zero-order chi connectivity index (χ0) is 13.6. The van der Waals surface area contributed by atoms with Gasteiger partial charge in [0.25, 0.3) is 11.8 Å². The third kappa shape index (κ3) is 1.95. The van der Waals surface area contributed by atoms with Crippen LogP contribution in [0.1, 0.15) is 60.2 Å². The van der Waals surface area contributed by atoms with Crippen molar-refractivity contribution in [2.75, 3.05) is 0 Å². The van der Waals surface area contributed by atoms with E-state index in [4.69, 9.17) is 0 Å². The monoisotopic (exact) mass is 258 g/mol. The molecule has 19 heavy (non-hydrogen) atoms. The Morgan fingerprint density at radius 3 is 2.42 bits per heavy atom. The number of hydrogen-bond donors (Lipinski definition) is 0. The van der Waals surface area contributed by atoms with Crippen LogP contribution in [0.3, 0.4) is 0 Å². The molecule has 0 radical (unpaired) electrons. The lowest BCUT2D eigenvalue weighted by Gasteiger charge is -2.37. The van der Waals surface area contributed by atoms with Gasteiger partial charge in [0.2, 0.25) is 0 Å². The Hall–Kier alpha value is -1.71. The van der Waals surface area contributed by atoms with E-state index < -0.39 is 0 Å². The van der Waals surface area contributed by atoms with Crippen molar-refractivity contribution in [2.24, 2.45) is 5.41 Å². The summed E-state index contributed by atoms with van der Waals surface area (Å²) in [6, 6.07) is 1.70. The van der Waals surface area contributed by atoms with Crippen molar-refractivity contribution in [2.45, 2.75) is 45.6 Å². The van der Waals surface area contributed by atoms with Crippen LogP contribution in [0.15, 0.2) is 18.5 Å². The predicted molar refractivity (Wildman–Crippen MR) is 70.8 cm³/mol. The zero-order valence-electron chi connectivity index (χ0n) is 11.3. The van der Waals surface area contributed by atoms with Crippen LogP contribution in [0, 0.1) is 5.41 Å². The van der Waals surface area contributed by atoms with E-state index in [1.165, 1.54) is 11.1 Å². The molecule has 4 heteroatoms. The molecule has 1 aliphatic heterocycles. The first-order valence-electron chi connectivity index (χ1n) is 6.81. The van der Waals surface area contributed by atoms with Crippen LogP contribution in [0.2, 0.25) is 0 Å². The van der Waals surface area contributed by atoms with Gasteiger partial charge in [-0.25, -0.2) is 0 Å². The third-order valence-electron chi connectivity index (χ3n) is 4.39. The lowest BCUT2D eigenvalue weighted by atomic mass is 9.75. The molecular weight excluding hydrogens is 240 g/mol. The van der Waals surface area contributed by atoms with Gasteiger partial charge in [0.1, 0.15) is 0 Å². The highest BCUT2D eigenvalue weighted by Crippen LogP contribution is 2.38. The first-order valence-corrected chi connectivity index (χ1v) is 6.81. The molecule has 1 fully saturated rings. The summed E-state index contributed by atoms with van der Waals surface area (Å²) in [4.78, 5) is 30.1. The van der Waals surface area contributed by atoms with Gasteiger partial charge in [-0.05, 0) is 37.2 Å². The molecule has 1 aromatic heterocycles. The number of fused-ring (bicyclic) bond motifs is 1. The average molecular weight is 258 g/mol. The second-order valence-electron chi connectivity index (χ2n) is 6.30. The van der Waals surface area contributed by atoms with Crippen LogP contribution in [-0.4, -0.2) is 27.7 Å². The molecule has 100 valence electrons. The minimum Gasteiger partial charge on any atom is -0.271 e. The second kappa shape index (κ2) is 4.15. The summed E-state index contributed by atoms with van der Waals surface area (Å²) in [5, 5.41) is 0. The summed E-state index contributed by atoms with van der Waals surface area (Å²) in [6.07, 6.45) is 7.00. The maximum atomic E-state index is 12.3. The molecule has 1 aromatic rings. The van der Waals surface area contributed by atoms with Gasteiger partial charge in [-0.1, -0.05) is 13.8 Å². The minimum absolute atomic E-state index is 0.0559. The number of imide groups is 1. The van der Waals surface area contributed by atoms with Crippen molar-refractivity contribution in [3.8, 4) is 0 Å². The van der Waals surface area contributed by atoms with Crippen LogP contribution in [0.4, 0.5) is 0 Å². The van der Waals surface area contributed by atoms with Gasteiger partial charge in [-0.2, -0.15) is 0 Å². The lowest BCUT2D eigenvalue weighted by Crippen LogP contribution is -2.43. The van der Waals surface area contributed by atoms with Gasteiger partial charge in [0, 0.05) is 18.4 Å². The van der Waals surface area contributed by atoms with E-state index in [0.717, 1.165) is 25.7 Å². The Bertz CT molecular complexity index is 506. The normalized spacial score (nSPS) is 22.7. The Kier molecular flexibility index (Phi) is 2.69. The average Bonchev–Trinajstić information content (AvgIpc) is 2.64. The number of pyridine rings is 1. The summed E-state index contributed by atoms with van der Waals surface area (Å²) in [5.74, 6) is -0.315. The largest absolute Gasteiger partial charge is 0.271 e. The number of aromatic nitrogens is 1. The number of carbonyl (C=O) groups is 2. The fourth-order valence-corrected chi connectivity index (χ4v) is 3.08. The quantitative estimate of drug-likeness (QED) is 0.728. The van der Waals surface area contributed by atoms with Gasteiger partial charge in [0.05, 0.1) is 11.1 Å². The van der Waals surface area contributed by atoms with Gasteiger partial charge >= 0.3 is 0 Å². The van der Waals surface area contributed by atoms with Crippen LogP contribution < -0.4 is 0 Å². The van der Waals surface area contributed by atoms with Crippen molar-refractivity contribution in [1.29, 1.82) is 0 Å². The van der Waals surface area contributed by atoms with Crippen LogP contribution in [-0.2, 0) is 0 Å². The molecular formula is C15H18N2O2. The standard InChI is InChI=1S/C15H18N2O2/c1-15(2)6-3-10(4-7-15)17-13(18)11-5-8-16-9-12(11)14(17)19/h5,8-10H,3-4,6-7H2,1-2H3. The molecule has 1 aliphatic carbocycles. The number of nitrogens with zero attached hydrogens (tertiary/aromatic N) is 2. The lowest BCUT2D eigenvalue weighted by molar-refractivity contribution is 0.0495. The highest BCUT2D eigenvalue weighted by molar-refractivity contribution is 6.21. The number of rotatable bonds is 1. The highest BCUT2D eigenvalue weighted by Gasteiger charge is 2.42. The molecule has 4 nitrogen and oxygen atoms in total. The topological polar surface area (TPSA) is 50.3 Å². The van der Waals surface area contributed by atoms with Gasteiger partial charge < -0.3 is 0 Å². The number of carbonyl (C=O) groups excluding carboxylic acids is 2. The van der Waals surface area contributed by atoms with E-state index in [1.54, 1.807) is 12.3 Å². The van der Waals surface area contributed by atoms with E-state index in [0.29, 0.717) is 16.5 Å². The maximum Gasteiger partial charge on any atom is 0.263 e. The van der Waals surface area contributed by atoms with Crippen molar-refractivity contribution >= 4 is 11.8 Å². The molecule has 0 N–H and O–H groups in total. The van der Waals surface area contributed by atoms with Crippen molar-refractivity contribution in [3.63, 3.8) is 0 Å². The van der Waals surface area contributed by atoms with Crippen LogP contribution in [0.25, 0.3) is 0 Å². The Morgan fingerprint density at radius 1 is 1.16 bits per heavy atom. The fraction of sp³-hybridized carbons (Fsp3) is 0.533. The molecule has 2 aliphatic rings. The van der Waals surface area contributed by atoms with E-state index in [1.807, 2.05) is 0 Å². The Balaban J connectivity index is 1.85. The van der Waals surface area contributed by atoms with E-state index >= 15 is 0 Å². The van der Waals surface area contributed by atoms with E-state index in [-0.39, 0.29) is 17.9 Å². The highest BCUT2D eigenvalue weighted by atomic mass is 16.2. The van der Waals surface area contributed by atoms with Gasteiger partial charge in [0.15, 0.2) is 0 Å². The van der Waals surface area contributed by atoms with Crippen LogP contribution in [0.5, 0.6) is 0 Å². The molecule has 2 amide bonds. The van der Waals surface area contributed by atoms with Crippen molar-refractivity contribution in [3.05, 3.63) is 29.6 Å². The molecule has 3 rings (SSSR count). The molecule has 0 bridgehead atoms. The second-order valence-corrected chi connectivity index (χ2v) is 6.30. The zero-order valence-corrected chi connectivity index (χ0v) is 11.3. The van der Waals surface area contributed by atoms with E-state index in [2.05, 4.69) is 18.8 Å². The SMILES string of the molecule is CC1(C)CCC(N2C(=O)c3ccncc3C2=O)CC1. The summed E-state index contributed by atoms with van der Waals surface area (Å²) < 4.78 is 0. The van der Waals surface area contributed by atoms with Gasteiger partial charge in [-0.3, -0.25) is 19.5 Å². The van der Waals surface area contributed by atoms with Crippen molar-refractivity contribution < 1.29 is 9.59 Å². The molecule has 1 saturated carbocycles. The Labute approximate surface area is 112 Å². The molecule has 2 heterocycles. The predicted octanol–water partition coefficient (Wildman–Crippen LogP) is 2.65. The molecule has 0 spiro atoms. The molecule has 0 atom stereocenters. The molecule has 0 aromatic carbocycles. The summed E-state index contributed by atoms with van der Waals surface area (Å²) in [5.41, 5.74) is 1.29. The fourth-order valence-electron chi connectivity index (χ4n) is 3.08. The Morgan fingerprint density at radius 2 is 1.79 bits per heavy atom. The number of amides is 2. The third-order valence-corrected chi connectivity index (χ3v) is 4.39. The van der Waals surface area contributed by atoms with E-state index in [9.17, 15) is 9.59 Å². The molecule has 0 saturated heterocycles. The first-order chi connectivity index (χ1) is 8.99. The first kappa shape index (κ1) is 12.3. The van der Waals surface area contributed by atoms with Gasteiger partial charge in [-0.15, -0.1) is 0 Å². The summed E-state index contributed by atoms with van der Waals surface area (Å²) >= 11 is 0.